The van der Waals surface area contributed by atoms with Gasteiger partial charge in [-0.25, -0.2) is 0 Å². The molecule has 0 fully saturated rings. The van der Waals surface area contributed by atoms with Crippen LogP contribution in [0.15, 0.2) is 17.4 Å². The number of hydrazine groups is 1. The Morgan fingerprint density at radius 1 is 1.77 bits per heavy atom. The van der Waals surface area contributed by atoms with Crippen LogP contribution in [0.4, 0.5) is 0 Å². The van der Waals surface area contributed by atoms with Crippen LogP contribution in [0.25, 0.3) is 0 Å². The van der Waals surface area contributed by atoms with Crippen LogP contribution in [0.5, 0.6) is 0 Å². The van der Waals surface area contributed by atoms with Crippen molar-refractivity contribution < 1.29 is 4.79 Å². The smallest absolute Gasteiger partial charge is 0.234 e. The van der Waals surface area contributed by atoms with Crippen molar-refractivity contribution in [2.24, 2.45) is 5.10 Å². The lowest BCUT2D eigenvalue weighted by molar-refractivity contribution is -0.119. The van der Waals surface area contributed by atoms with E-state index in [0.29, 0.717) is 0 Å². The minimum atomic E-state index is -0.166. The van der Waals surface area contributed by atoms with E-state index < -0.39 is 0 Å². The molecular weight excluding hydrogens is 188 g/mol. The topological polar surface area (TPSA) is 56.7 Å². The SMILES string of the molecule is CNC(=O)C(C)SN1N=CC=CN1. The highest BCUT2D eigenvalue weighted by Crippen LogP contribution is 2.15. The highest BCUT2D eigenvalue weighted by atomic mass is 32.2. The van der Waals surface area contributed by atoms with Gasteiger partial charge in [0.05, 0.1) is 6.21 Å². The molecule has 1 aliphatic heterocycles. The summed E-state index contributed by atoms with van der Waals surface area (Å²) in [6.07, 6.45) is 5.18. The van der Waals surface area contributed by atoms with Gasteiger partial charge in [-0.2, -0.15) is 5.10 Å². The Labute approximate surface area is 81.3 Å². The Hall–Kier alpha value is -1.17. The second kappa shape index (κ2) is 4.76. The summed E-state index contributed by atoms with van der Waals surface area (Å²) in [5, 5.41) is 6.38. The van der Waals surface area contributed by atoms with E-state index in [1.54, 1.807) is 30.1 Å². The molecule has 6 heteroatoms. The Kier molecular flexibility index (Phi) is 3.63. The molecule has 0 saturated carbocycles. The predicted octanol–water partition coefficient (Wildman–Crippen LogP) is 0.0888. The zero-order valence-electron chi connectivity index (χ0n) is 7.52. The molecule has 5 nitrogen and oxygen atoms in total. The van der Waals surface area contributed by atoms with Gasteiger partial charge in [0.2, 0.25) is 5.91 Å². The van der Waals surface area contributed by atoms with Gasteiger partial charge < -0.3 is 5.32 Å². The van der Waals surface area contributed by atoms with E-state index >= 15 is 0 Å². The van der Waals surface area contributed by atoms with Crippen LogP contribution in [0.1, 0.15) is 6.92 Å². The van der Waals surface area contributed by atoms with Crippen LogP contribution in [0, 0.1) is 0 Å². The highest BCUT2D eigenvalue weighted by molar-refractivity contribution is 7.98. The van der Waals surface area contributed by atoms with Crippen molar-refractivity contribution >= 4 is 24.1 Å². The standard InChI is InChI=1S/C7H12N4OS/c1-6(7(12)8-2)13-11-9-4-3-5-10-11/h3-6,9H,1-2H3,(H,8,12). The summed E-state index contributed by atoms with van der Waals surface area (Å²) in [4.78, 5) is 11.1. The van der Waals surface area contributed by atoms with Gasteiger partial charge in [-0.15, -0.1) is 4.52 Å². The van der Waals surface area contributed by atoms with Crippen molar-refractivity contribution in [3.63, 3.8) is 0 Å². The maximum Gasteiger partial charge on any atom is 0.234 e. The fourth-order valence-electron chi connectivity index (χ4n) is 0.741. The van der Waals surface area contributed by atoms with E-state index in [4.69, 9.17) is 0 Å². The predicted molar refractivity (Wildman–Crippen MR) is 53.7 cm³/mol. The number of hydrogen-bond donors (Lipinski definition) is 2. The third-order valence-corrected chi connectivity index (χ3v) is 2.34. The normalized spacial score (nSPS) is 16.6. The first-order valence-corrected chi connectivity index (χ1v) is 4.71. The molecule has 72 valence electrons. The molecule has 0 saturated heterocycles. The van der Waals surface area contributed by atoms with E-state index in [2.05, 4.69) is 15.8 Å². The molecule has 13 heavy (non-hydrogen) atoms. The van der Waals surface area contributed by atoms with Crippen molar-refractivity contribution in [3.05, 3.63) is 12.3 Å². The average Bonchev–Trinajstić information content (AvgIpc) is 2.18. The van der Waals surface area contributed by atoms with Gasteiger partial charge in [-0.3, -0.25) is 10.2 Å². The lowest BCUT2D eigenvalue weighted by Gasteiger charge is -2.21. The molecule has 1 unspecified atom stereocenters. The van der Waals surface area contributed by atoms with E-state index in [1.165, 1.54) is 11.9 Å². The van der Waals surface area contributed by atoms with Crippen molar-refractivity contribution in [2.75, 3.05) is 7.05 Å². The first kappa shape index (κ1) is 9.91. The largest absolute Gasteiger partial charge is 0.358 e. The molecule has 1 aliphatic rings. The Bertz CT molecular complexity index is 241. The van der Waals surface area contributed by atoms with Gasteiger partial charge in [0.15, 0.2) is 0 Å². The van der Waals surface area contributed by atoms with Crippen molar-refractivity contribution in [1.29, 1.82) is 0 Å². The van der Waals surface area contributed by atoms with Gasteiger partial charge in [0.25, 0.3) is 0 Å². The molecule has 0 bridgehead atoms. The van der Waals surface area contributed by atoms with Crippen LogP contribution < -0.4 is 10.7 Å². The first-order chi connectivity index (χ1) is 6.24. The average molecular weight is 200 g/mol. The number of nitrogens with one attached hydrogen (secondary N) is 2. The zero-order valence-corrected chi connectivity index (χ0v) is 8.34. The molecule has 0 spiro atoms. The minimum Gasteiger partial charge on any atom is -0.358 e. The highest BCUT2D eigenvalue weighted by Gasteiger charge is 2.15. The Balaban J connectivity index is 2.36. The van der Waals surface area contributed by atoms with Crippen LogP contribution in [-0.4, -0.2) is 28.9 Å². The number of nitrogens with zero attached hydrogens (tertiary/aromatic N) is 2. The second-order valence-electron chi connectivity index (χ2n) is 2.39. The number of rotatable bonds is 3. The second-order valence-corrected chi connectivity index (χ2v) is 3.65. The number of hydrogen-bond acceptors (Lipinski definition) is 5. The van der Waals surface area contributed by atoms with Crippen molar-refractivity contribution in [2.45, 2.75) is 12.2 Å². The van der Waals surface area contributed by atoms with Gasteiger partial charge >= 0.3 is 0 Å². The molecule has 1 rings (SSSR count). The molecule has 0 aromatic rings. The third-order valence-electron chi connectivity index (χ3n) is 1.41. The minimum absolute atomic E-state index is 0.0171. The van der Waals surface area contributed by atoms with E-state index in [1.807, 2.05) is 6.92 Å². The van der Waals surface area contributed by atoms with E-state index in [0.717, 1.165) is 0 Å². The van der Waals surface area contributed by atoms with Crippen molar-refractivity contribution in [1.82, 2.24) is 15.3 Å². The molecule has 0 aliphatic carbocycles. The lowest BCUT2D eigenvalue weighted by atomic mass is 10.4. The van der Waals surface area contributed by atoms with Gasteiger partial charge in [0.1, 0.15) is 5.25 Å². The molecule has 0 radical (unpaired) electrons. The summed E-state index contributed by atoms with van der Waals surface area (Å²) in [5.41, 5.74) is 2.87. The molecule has 2 N–H and O–H groups in total. The van der Waals surface area contributed by atoms with Gasteiger partial charge in [-0.1, -0.05) is 0 Å². The lowest BCUT2D eigenvalue weighted by Crippen LogP contribution is -2.33. The summed E-state index contributed by atoms with van der Waals surface area (Å²) in [6.45, 7) is 1.82. The van der Waals surface area contributed by atoms with Crippen molar-refractivity contribution in [3.8, 4) is 0 Å². The Morgan fingerprint density at radius 2 is 2.54 bits per heavy atom. The number of carbonyl (C=O) groups is 1. The molecule has 0 aromatic heterocycles. The third kappa shape index (κ3) is 2.98. The molecule has 1 heterocycles. The van der Waals surface area contributed by atoms with Crippen LogP contribution >= 0.6 is 11.9 Å². The van der Waals surface area contributed by atoms with Crippen LogP contribution in [0.2, 0.25) is 0 Å². The Morgan fingerprint density at radius 3 is 3.08 bits per heavy atom. The maximum atomic E-state index is 11.1. The fraction of sp³-hybridized carbons (Fsp3) is 0.429. The maximum absolute atomic E-state index is 11.1. The summed E-state index contributed by atoms with van der Waals surface area (Å²) in [7, 11) is 1.62. The summed E-state index contributed by atoms with van der Waals surface area (Å²) in [5.74, 6) is -0.0171. The number of amides is 1. The molecule has 1 amide bonds. The number of hydrazone groups is 1. The summed E-state index contributed by atoms with van der Waals surface area (Å²) < 4.78 is 1.54. The number of allylic oxidation sites excluding steroid dienone is 1. The van der Waals surface area contributed by atoms with Gasteiger partial charge in [0, 0.05) is 25.2 Å². The van der Waals surface area contributed by atoms with E-state index in [-0.39, 0.29) is 11.2 Å². The number of carbonyl (C=O) groups excluding carboxylic acids is 1. The fourth-order valence-corrected chi connectivity index (χ4v) is 1.48. The molecular formula is C7H12N4OS. The van der Waals surface area contributed by atoms with E-state index in [9.17, 15) is 4.79 Å². The summed E-state index contributed by atoms with van der Waals surface area (Å²) >= 11 is 1.31. The van der Waals surface area contributed by atoms with Gasteiger partial charge in [-0.05, 0) is 13.0 Å². The first-order valence-electron chi connectivity index (χ1n) is 3.88. The zero-order chi connectivity index (χ0) is 9.68. The molecule has 0 aromatic carbocycles. The van der Waals surface area contributed by atoms with Crippen LogP contribution in [0.3, 0.4) is 0 Å². The van der Waals surface area contributed by atoms with Crippen LogP contribution in [-0.2, 0) is 4.79 Å². The quantitative estimate of drug-likeness (QED) is 0.634. The summed E-state index contributed by atoms with van der Waals surface area (Å²) in [6, 6.07) is 0. The monoisotopic (exact) mass is 200 g/mol. The molecule has 1 atom stereocenters.